The number of hydrogen-bond donors (Lipinski definition) is 0. The van der Waals surface area contributed by atoms with Crippen molar-refractivity contribution in [2.24, 2.45) is 0 Å². The normalized spacial score (nSPS) is 19.1. The zero-order chi connectivity index (χ0) is 32.4. The second-order valence-corrected chi connectivity index (χ2v) is 16.5. The fraction of sp³-hybridized carbons (Fsp3) is 0.243. The highest BCUT2D eigenvalue weighted by Gasteiger charge is 2.55. The lowest BCUT2D eigenvalue weighted by molar-refractivity contribution is 0.198. The second-order valence-electron chi connectivity index (χ2n) is 12.7. The first kappa shape index (κ1) is 30.6. The highest BCUT2D eigenvalue weighted by Crippen LogP contribution is 2.50. The van der Waals surface area contributed by atoms with Crippen LogP contribution in [0.15, 0.2) is 119 Å². The minimum absolute atomic E-state index is 0.0442. The van der Waals surface area contributed by atoms with Crippen molar-refractivity contribution in [1.82, 2.24) is 13.2 Å². The number of sulfonamides is 2. The molecule has 0 radical (unpaired) electrons. The van der Waals surface area contributed by atoms with Crippen molar-refractivity contribution in [3.8, 4) is 0 Å². The number of fused-ring (bicyclic) bond motifs is 4. The van der Waals surface area contributed by atoms with Gasteiger partial charge in [-0.05, 0) is 69.2 Å². The van der Waals surface area contributed by atoms with E-state index in [1.165, 1.54) is 8.61 Å². The number of hydrogen-bond acceptors (Lipinski definition) is 4. The molecular weight excluding hydrogens is 615 g/mol. The monoisotopic (exact) mass is 651 g/mol. The molecule has 2 aliphatic rings. The predicted octanol–water partition coefficient (Wildman–Crippen LogP) is 6.67. The first-order chi connectivity index (χ1) is 21.9. The van der Waals surface area contributed by atoms with Crippen molar-refractivity contribution < 1.29 is 16.8 Å². The lowest BCUT2D eigenvalue weighted by Crippen LogP contribution is -2.56. The summed E-state index contributed by atoms with van der Waals surface area (Å²) in [5.74, 6) is 0. The Labute approximate surface area is 271 Å². The van der Waals surface area contributed by atoms with Gasteiger partial charge in [-0.15, -0.1) is 0 Å². The molecule has 7 nitrogen and oxygen atoms in total. The fourth-order valence-corrected chi connectivity index (χ4v) is 10.3. The Morgan fingerprint density at radius 2 is 1.28 bits per heavy atom. The molecule has 2 aliphatic heterocycles. The molecule has 1 atom stereocenters. The number of nitrogens with zero attached hydrogens (tertiary/aromatic N) is 3. The molecule has 0 saturated heterocycles. The van der Waals surface area contributed by atoms with Crippen molar-refractivity contribution in [2.45, 2.75) is 56.1 Å². The largest absolute Gasteiger partial charge is 0.338 e. The summed E-state index contributed by atoms with van der Waals surface area (Å²) in [7, 11) is -8.07. The van der Waals surface area contributed by atoms with Gasteiger partial charge in [0.25, 0.3) is 0 Å². The molecule has 0 N–H and O–H groups in total. The molecule has 3 heterocycles. The van der Waals surface area contributed by atoms with Gasteiger partial charge in [0.2, 0.25) is 20.0 Å². The summed E-state index contributed by atoms with van der Waals surface area (Å²) in [6, 6.07) is 29.9. The van der Waals surface area contributed by atoms with Crippen LogP contribution in [0.5, 0.6) is 0 Å². The SMILES string of the molecule is CC1=CC2(CN(S(=O)(=O)c3ccc(C)cc3)Cc3c2c2c(C)cccc2n3Cc2ccccc2)N(S(=O)(=O)c2ccc(C)cc2)C1. The molecule has 0 fully saturated rings. The summed E-state index contributed by atoms with van der Waals surface area (Å²) in [4.78, 5) is 0.371. The Morgan fingerprint density at radius 1 is 0.674 bits per heavy atom. The van der Waals surface area contributed by atoms with Crippen LogP contribution in [-0.4, -0.2) is 43.1 Å². The van der Waals surface area contributed by atoms with Gasteiger partial charge >= 0.3 is 0 Å². The third-order valence-corrected chi connectivity index (χ3v) is 13.1. The van der Waals surface area contributed by atoms with E-state index in [4.69, 9.17) is 0 Å². The molecule has 1 unspecified atom stereocenters. The third-order valence-electron chi connectivity index (χ3n) is 9.36. The molecule has 4 aromatic carbocycles. The lowest BCUT2D eigenvalue weighted by atomic mass is 9.84. The van der Waals surface area contributed by atoms with Crippen molar-refractivity contribution in [2.75, 3.05) is 13.1 Å². The van der Waals surface area contributed by atoms with E-state index in [1.54, 1.807) is 48.5 Å². The van der Waals surface area contributed by atoms with Crippen LogP contribution in [0.2, 0.25) is 0 Å². The number of aryl methyl sites for hydroxylation is 3. The zero-order valence-corrected chi connectivity index (χ0v) is 28.1. The molecule has 0 aliphatic carbocycles. The summed E-state index contributed by atoms with van der Waals surface area (Å²) >= 11 is 0. The summed E-state index contributed by atoms with van der Waals surface area (Å²) in [5, 5.41) is 0.968. The van der Waals surface area contributed by atoms with Crippen molar-refractivity contribution >= 4 is 30.9 Å². The van der Waals surface area contributed by atoms with Crippen LogP contribution in [0.4, 0.5) is 0 Å². The average Bonchev–Trinajstić information content (AvgIpc) is 3.54. The maximum Gasteiger partial charge on any atom is 0.244 e. The molecule has 9 heteroatoms. The zero-order valence-electron chi connectivity index (χ0n) is 26.4. The van der Waals surface area contributed by atoms with E-state index in [9.17, 15) is 16.8 Å². The number of rotatable bonds is 6. The van der Waals surface area contributed by atoms with E-state index in [2.05, 4.69) is 22.8 Å². The van der Waals surface area contributed by atoms with Gasteiger partial charge in [-0.3, -0.25) is 0 Å². The van der Waals surface area contributed by atoms with E-state index in [-0.39, 0.29) is 29.4 Å². The van der Waals surface area contributed by atoms with E-state index < -0.39 is 25.6 Å². The van der Waals surface area contributed by atoms with Gasteiger partial charge in [-0.25, -0.2) is 16.8 Å². The van der Waals surface area contributed by atoms with Crippen molar-refractivity contribution in [1.29, 1.82) is 0 Å². The maximum atomic E-state index is 14.7. The summed E-state index contributed by atoms with van der Waals surface area (Å²) in [6.07, 6.45) is 1.99. The molecule has 5 aromatic rings. The molecular formula is C37H37N3O4S2. The topological polar surface area (TPSA) is 79.7 Å². The van der Waals surface area contributed by atoms with Gasteiger partial charge in [0.15, 0.2) is 0 Å². The van der Waals surface area contributed by atoms with Crippen LogP contribution < -0.4 is 0 Å². The molecule has 236 valence electrons. The Morgan fingerprint density at radius 3 is 1.91 bits per heavy atom. The van der Waals surface area contributed by atoms with Crippen LogP contribution in [0.25, 0.3) is 10.9 Å². The van der Waals surface area contributed by atoms with Gasteiger partial charge in [0, 0.05) is 41.8 Å². The predicted molar refractivity (Wildman–Crippen MR) is 181 cm³/mol. The summed E-state index contributed by atoms with van der Waals surface area (Å²) in [6.45, 7) is 8.55. The number of benzene rings is 4. The van der Waals surface area contributed by atoms with Gasteiger partial charge in [0.1, 0.15) is 0 Å². The minimum Gasteiger partial charge on any atom is -0.338 e. The van der Waals surface area contributed by atoms with Gasteiger partial charge in [-0.1, -0.05) is 89.5 Å². The lowest BCUT2D eigenvalue weighted by Gasteiger charge is -2.44. The Kier molecular flexibility index (Phi) is 7.36. The summed E-state index contributed by atoms with van der Waals surface area (Å²) in [5.41, 5.74) is 6.20. The quantitative estimate of drug-likeness (QED) is 0.192. The fourth-order valence-electron chi connectivity index (χ4n) is 7.16. The van der Waals surface area contributed by atoms with E-state index in [0.717, 1.165) is 50.0 Å². The van der Waals surface area contributed by atoms with Gasteiger partial charge in [0.05, 0.1) is 21.9 Å². The van der Waals surface area contributed by atoms with Gasteiger partial charge < -0.3 is 4.57 Å². The van der Waals surface area contributed by atoms with Crippen LogP contribution in [0.1, 0.15) is 40.4 Å². The summed E-state index contributed by atoms with van der Waals surface area (Å²) < 4.78 is 63.5. The van der Waals surface area contributed by atoms with Crippen LogP contribution in [0.3, 0.4) is 0 Å². The first-order valence-corrected chi connectivity index (χ1v) is 18.3. The molecule has 1 spiro atoms. The average molecular weight is 652 g/mol. The van der Waals surface area contributed by atoms with E-state index in [0.29, 0.717) is 6.54 Å². The van der Waals surface area contributed by atoms with Crippen molar-refractivity contribution in [3.05, 3.63) is 142 Å². The molecule has 46 heavy (non-hydrogen) atoms. The van der Waals surface area contributed by atoms with Gasteiger partial charge in [-0.2, -0.15) is 8.61 Å². The minimum atomic E-state index is -4.06. The first-order valence-electron chi connectivity index (χ1n) is 15.4. The van der Waals surface area contributed by atoms with Crippen LogP contribution in [-0.2, 0) is 38.7 Å². The second kappa shape index (κ2) is 11.1. The molecule has 0 amide bonds. The number of aromatic nitrogens is 1. The Balaban J connectivity index is 1.53. The van der Waals surface area contributed by atoms with E-state index in [1.807, 2.05) is 64.1 Å². The van der Waals surface area contributed by atoms with Crippen molar-refractivity contribution in [3.63, 3.8) is 0 Å². The third kappa shape index (κ3) is 4.84. The molecule has 1 aromatic heterocycles. The highest BCUT2D eigenvalue weighted by atomic mass is 32.2. The smallest absolute Gasteiger partial charge is 0.244 e. The maximum absolute atomic E-state index is 14.7. The van der Waals surface area contributed by atoms with Crippen LogP contribution >= 0.6 is 0 Å². The standard InChI is InChI=1S/C37H37N3O4S2/c1-26-13-17-31(18-14-26)45(41,42)38-24-34-36(35-29(4)9-8-12-33(35)39(34)23-30-10-6-5-7-11-30)37(25-38)21-28(3)22-40(37)46(43,44)32-19-15-27(2)16-20-32/h5-21H,22-25H2,1-4H3. The highest BCUT2D eigenvalue weighted by molar-refractivity contribution is 7.89. The molecule has 7 rings (SSSR count). The van der Waals surface area contributed by atoms with Crippen LogP contribution in [0, 0.1) is 20.8 Å². The molecule has 0 bridgehead atoms. The Hall–Kier alpha value is -4.02. The van der Waals surface area contributed by atoms with E-state index >= 15 is 0 Å². The molecule has 0 saturated carbocycles. The Bertz CT molecular complexity index is 2220.